The summed E-state index contributed by atoms with van der Waals surface area (Å²) in [7, 11) is 3.14. The fourth-order valence-corrected chi connectivity index (χ4v) is 3.17. The molecule has 0 aliphatic rings. The Morgan fingerprint density at radius 3 is 2.64 bits per heavy atom. The van der Waals surface area contributed by atoms with Gasteiger partial charge < -0.3 is 9.47 Å². The number of rotatable bonds is 7. The number of ether oxygens (including phenoxy) is 2. The molecule has 0 spiro atoms. The summed E-state index contributed by atoms with van der Waals surface area (Å²) in [6.45, 7) is 1.81. The topological polar surface area (TPSA) is 59.9 Å². The van der Waals surface area contributed by atoms with E-state index in [4.69, 9.17) is 21.1 Å². The number of thioether (sulfide) groups is 1. The summed E-state index contributed by atoms with van der Waals surface area (Å²) in [6, 6.07) is 12.8. The summed E-state index contributed by atoms with van der Waals surface area (Å²) in [4.78, 5) is 13.1. The predicted octanol–water partition coefficient (Wildman–Crippen LogP) is 3.99. The Morgan fingerprint density at radius 1 is 1.20 bits per heavy atom. The molecule has 7 heteroatoms. The molecule has 1 atom stereocenters. The average molecular weight is 379 g/mol. The number of hydrogen-bond donors (Lipinski definition) is 1. The first-order chi connectivity index (χ1) is 12.0. The molecule has 0 aromatic heterocycles. The highest BCUT2D eigenvalue weighted by atomic mass is 35.5. The molecule has 5 nitrogen and oxygen atoms in total. The second-order valence-corrected chi connectivity index (χ2v) is 6.92. The van der Waals surface area contributed by atoms with Crippen LogP contribution in [0.2, 0.25) is 5.02 Å². The summed E-state index contributed by atoms with van der Waals surface area (Å²) in [5, 5.41) is 4.33. The third kappa shape index (κ3) is 5.69. The largest absolute Gasteiger partial charge is 0.493 e. The number of carbonyl (C=O) groups excluding carboxylic acids is 1. The molecule has 132 valence electrons. The Morgan fingerprint density at radius 2 is 1.96 bits per heavy atom. The third-order valence-corrected chi connectivity index (χ3v) is 4.60. The van der Waals surface area contributed by atoms with E-state index < -0.39 is 0 Å². The van der Waals surface area contributed by atoms with Gasteiger partial charge in [0.05, 0.1) is 25.7 Å². The lowest BCUT2D eigenvalue weighted by atomic mass is 10.2. The smallest absolute Gasteiger partial charge is 0.253 e. The number of halogens is 1. The Hall–Kier alpha value is -2.18. The first-order valence-corrected chi connectivity index (χ1v) is 8.76. The van der Waals surface area contributed by atoms with Crippen LogP contribution in [0.25, 0.3) is 0 Å². The van der Waals surface area contributed by atoms with Crippen molar-refractivity contribution in [1.29, 1.82) is 0 Å². The summed E-state index contributed by atoms with van der Waals surface area (Å²) < 4.78 is 10.4. The van der Waals surface area contributed by atoms with Crippen molar-refractivity contribution in [2.75, 3.05) is 14.2 Å². The van der Waals surface area contributed by atoms with Gasteiger partial charge in [0, 0.05) is 9.92 Å². The van der Waals surface area contributed by atoms with Gasteiger partial charge in [-0.2, -0.15) is 5.10 Å². The molecular formula is C18H19ClN2O3S. The van der Waals surface area contributed by atoms with Crippen LogP contribution in [0.3, 0.4) is 0 Å². The molecule has 2 rings (SSSR count). The molecule has 0 fully saturated rings. The van der Waals surface area contributed by atoms with Crippen molar-refractivity contribution in [1.82, 2.24) is 5.43 Å². The molecule has 25 heavy (non-hydrogen) atoms. The van der Waals surface area contributed by atoms with Gasteiger partial charge in [0.1, 0.15) is 0 Å². The number of hydrazone groups is 1. The molecule has 1 N–H and O–H groups in total. The number of nitrogens with zero attached hydrogens (tertiary/aromatic N) is 1. The van der Waals surface area contributed by atoms with Crippen molar-refractivity contribution in [3.8, 4) is 11.5 Å². The van der Waals surface area contributed by atoms with E-state index in [1.54, 1.807) is 38.6 Å². The summed E-state index contributed by atoms with van der Waals surface area (Å²) in [5.74, 6) is 1.04. The minimum atomic E-state index is -0.305. The monoisotopic (exact) mass is 378 g/mol. The van der Waals surface area contributed by atoms with E-state index in [2.05, 4.69) is 10.5 Å². The van der Waals surface area contributed by atoms with Crippen molar-refractivity contribution in [2.24, 2.45) is 5.10 Å². The normalized spacial score (nSPS) is 12.0. The van der Waals surface area contributed by atoms with Crippen molar-refractivity contribution < 1.29 is 14.3 Å². The van der Waals surface area contributed by atoms with Gasteiger partial charge in [-0.25, -0.2) is 5.43 Å². The standard InChI is InChI=1S/C18H19ClN2O3S/c1-12(25-15-6-4-5-14(19)10-15)18(22)21-20-11-13-7-8-16(23-2)17(9-13)24-3/h4-12H,1-3H3,(H,21,22)/b20-11-. The van der Waals surface area contributed by atoms with Gasteiger partial charge in [-0.05, 0) is 48.9 Å². The highest BCUT2D eigenvalue weighted by Gasteiger charge is 2.13. The zero-order valence-electron chi connectivity index (χ0n) is 14.2. The van der Waals surface area contributed by atoms with Gasteiger partial charge in [0.2, 0.25) is 0 Å². The van der Waals surface area contributed by atoms with Crippen molar-refractivity contribution in [3.63, 3.8) is 0 Å². The van der Waals surface area contributed by atoms with Crippen LogP contribution in [0.15, 0.2) is 52.5 Å². The first-order valence-electron chi connectivity index (χ1n) is 7.50. The lowest BCUT2D eigenvalue weighted by molar-refractivity contribution is -0.120. The van der Waals surface area contributed by atoms with Crippen LogP contribution in [-0.2, 0) is 4.79 Å². The van der Waals surface area contributed by atoms with E-state index in [0.29, 0.717) is 16.5 Å². The van der Waals surface area contributed by atoms with Crippen LogP contribution >= 0.6 is 23.4 Å². The van der Waals surface area contributed by atoms with Crippen LogP contribution in [0, 0.1) is 0 Å². The number of benzene rings is 2. The Labute approximate surface area is 156 Å². The zero-order chi connectivity index (χ0) is 18.2. The first kappa shape index (κ1) is 19.1. The van der Waals surface area contributed by atoms with Gasteiger partial charge in [-0.15, -0.1) is 11.8 Å². The van der Waals surface area contributed by atoms with E-state index in [1.165, 1.54) is 11.8 Å². The lowest BCUT2D eigenvalue weighted by Crippen LogP contribution is -2.26. The lowest BCUT2D eigenvalue weighted by Gasteiger charge is -2.10. The molecule has 0 heterocycles. The molecule has 0 saturated heterocycles. The highest BCUT2D eigenvalue weighted by molar-refractivity contribution is 8.00. The van der Waals surface area contributed by atoms with Crippen LogP contribution in [0.4, 0.5) is 0 Å². The van der Waals surface area contributed by atoms with E-state index in [1.807, 2.05) is 31.2 Å². The highest BCUT2D eigenvalue weighted by Crippen LogP contribution is 2.27. The van der Waals surface area contributed by atoms with E-state index in [9.17, 15) is 4.79 Å². The van der Waals surface area contributed by atoms with E-state index >= 15 is 0 Å². The van der Waals surface area contributed by atoms with E-state index in [-0.39, 0.29) is 11.2 Å². The zero-order valence-corrected chi connectivity index (χ0v) is 15.7. The van der Waals surface area contributed by atoms with Gasteiger partial charge in [0.25, 0.3) is 5.91 Å². The second kappa shape index (κ2) is 9.34. The molecule has 0 bridgehead atoms. The molecule has 0 aliphatic heterocycles. The fraction of sp³-hybridized carbons (Fsp3) is 0.222. The molecule has 0 aliphatic carbocycles. The van der Waals surface area contributed by atoms with Crippen LogP contribution < -0.4 is 14.9 Å². The predicted molar refractivity (Wildman–Crippen MR) is 102 cm³/mol. The minimum Gasteiger partial charge on any atom is -0.493 e. The molecule has 0 radical (unpaired) electrons. The third-order valence-electron chi connectivity index (χ3n) is 3.27. The van der Waals surface area contributed by atoms with Crippen LogP contribution in [0.5, 0.6) is 11.5 Å². The molecule has 1 amide bonds. The maximum absolute atomic E-state index is 12.1. The molecule has 1 unspecified atom stereocenters. The molecular weight excluding hydrogens is 360 g/mol. The summed E-state index contributed by atoms with van der Waals surface area (Å²) in [6.07, 6.45) is 1.55. The molecule has 2 aromatic rings. The van der Waals surface area contributed by atoms with Crippen LogP contribution in [0.1, 0.15) is 12.5 Å². The number of nitrogens with one attached hydrogen (secondary N) is 1. The maximum Gasteiger partial charge on any atom is 0.253 e. The quantitative estimate of drug-likeness (QED) is 0.449. The van der Waals surface area contributed by atoms with Crippen molar-refractivity contribution >= 4 is 35.5 Å². The summed E-state index contributed by atoms with van der Waals surface area (Å²) in [5.41, 5.74) is 3.32. The Balaban J connectivity index is 1.93. The van der Waals surface area contributed by atoms with Gasteiger partial charge in [-0.3, -0.25) is 4.79 Å². The molecule has 0 saturated carbocycles. The fourth-order valence-electron chi connectivity index (χ4n) is 1.99. The van der Waals surface area contributed by atoms with Gasteiger partial charge in [0.15, 0.2) is 11.5 Å². The summed E-state index contributed by atoms with van der Waals surface area (Å²) >= 11 is 7.37. The van der Waals surface area contributed by atoms with Gasteiger partial charge >= 0.3 is 0 Å². The molecule has 2 aromatic carbocycles. The van der Waals surface area contributed by atoms with E-state index in [0.717, 1.165) is 10.5 Å². The minimum absolute atomic E-state index is 0.193. The number of hydrogen-bond acceptors (Lipinski definition) is 5. The Bertz CT molecular complexity index is 768. The Kier molecular flexibility index (Phi) is 7.16. The van der Waals surface area contributed by atoms with Crippen LogP contribution in [-0.4, -0.2) is 31.6 Å². The SMILES string of the molecule is COc1ccc(/C=N\NC(=O)C(C)Sc2cccc(Cl)c2)cc1OC. The van der Waals surface area contributed by atoms with Crippen molar-refractivity contribution in [3.05, 3.63) is 53.1 Å². The van der Waals surface area contributed by atoms with Gasteiger partial charge in [-0.1, -0.05) is 17.7 Å². The van der Waals surface area contributed by atoms with Crippen molar-refractivity contribution in [2.45, 2.75) is 17.1 Å². The number of amides is 1. The number of methoxy groups -OCH3 is 2. The maximum atomic E-state index is 12.1. The second-order valence-electron chi connectivity index (χ2n) is 5.07. The number of carbonyl (C=O) groups is 1. The average Bonchev–Trinajstić information content (AvgIpc) is 2.61.